The molecule has 0 atom stereocenters. The Bertz CT molecular complexity index is 635. The Balaban J connectivity index is 2.49. The van der Waals surface area contributed by atoms with E-state index in [0.29, 0.717) is 23.5 Å². The van der Waals surface area contributed by atoms with Gasteiger partial charge < -0.3 is 10.3 Å². The molecule has 0 aliphatic carbocycles. The fourth-order valence-corrected chi connectivity index (χ4v) is 2.03. The summed E-state index contributed by atoms with van der Waals surface area (Å²) in [7, 11) is 0. The zero-order valence-electron chi connectivity index (χ0n) is 10.4. The van der Waals surface area contributed by atoms with Gasteiger partial charge in [0.15, 0.2) is 0 Å². The van der Waals surface area contributed by atoms with Gasteiger partial charge in [0.05, 0.1) is 12.1 Å². The van der Waals surface area contributed by atoms with E-state index in [1.54, 1.807) is 22.8 Å². The van der Waals surface area contributed by atoms with Gasteiger partial charge in [-0.2, -0.15) is 5.26 Å². The molecule has 0 amide bonds. The molecule has 0 bridgehead atoms. The molecule has 0 saturated carbocycles. The molecule has 0 aliphatic heterocycles. The van der Waals surface area contributed by atoms with Crippen molar-refractivity contribution in [1.29, 1.82) is 5.26 Å². The molecule has 3 nitrogen and oxygen atoms in total. The Morgan fingerprint density at radius 2 is 2.00 bits per heavy atom. The van der Waals surface area contributed by atoms with Gasteiger partial charge in [0.25, 0.3) is 0 Å². The molecule has 0 unspecified atom stereocenters. The molecule has 1 aromatic carbocycles. The van der Waals surface area contributed by atoms with Crippen molar-refractivity contribution < 1.29 is 4.39 Å². The summed E-state index contributed by atoms with van der Waals surface area (Å²) in [6.07, 6.45) is 0. The zero-order valence-corrected chi connectivity index (χ0v) is 10.4. The van der Waals surface area contributed by atoms with Crippen LogP contribution in [0.5, 0.6) is 0 Å². The average Bonchev–Trinajstić information content (AvgIpc) is 2.56. The molecule has 2 aromatic rings. The second-order valence-electron chi connectivity index (χ2n) is 4.26. The predicted octanol–water partition coefficient (Wildman–Crippen LogP) is 2.75. The summed E-state index contributed by atoms with van der Waals surface area (Å²) in [5, 5.41) is 9.04. The topological polar surface area (TPSA) is 54.7 Å². The van der Waals surface area contributed by atoms with Crippen LogP contribution >= 0.6 is 0 Å². The van der Waals surface area contributed by atoms with Gasteiger partial charge in [0.1, 0.15) is 17.7 Å². The standard InChI is InChI=1S/C14H14FN3/c1-9-10(2)18(14(17)12(9)7-16)8-11-5-3-4-6-13(11)15/h3-6H,8,17H2,1-2H3. The highest BCUT2D eigenvalue weighted by atomic mass is 19.1. The minimum absolute atomic E-state index is 0.263. The van der Waals surface area contributed by atoms with E-state index in [4.69, 9.17) is 11.0 Å². The largest absolute Gasteiger partial charge is 0.384 e. The van der Waals surface area contributed by atoms with Crippen LogP contribution in [-0.4, -0.2) is 4.57 Å². The molecule has 2 N–H and O–H groups in total. The first-order valence-corrected chi connectivity index (χ1v) is 5.65. The molecular weight excluding hydrogens is 229 g/mol. The number of anilines is 1. The Hall–Kier alpha value is -2.28. The summed E-state index contributed by atoms with van der Waals surface area (Å²) in [6, 6.07) is 8.66. The molecule has 0 radical (unpaired) electrons. The number of nitriles is 1. The number of nitrogen functional groups attached to an aromatic ring is 1. The quantitative estimate of drug-likeness (QED) is 0.881. The normalized spacial score (nSPS) is 10.3. The maximum atomic E-state index is 13.6. The Labute approximate surface area is 105 Å². The first-order valence-electron chi connectivity index (χ1n) is 5.65. The Morgan fingerprint density at radius 1 is 1.33 bits per heavy atom. The lowest BCUT2D eigenvalue weighted by Crippen LogP contribution is -2.07. The van der Waals surface area contributed by atoms with E-state index in [1.165, 1.54) is 6.07 Å². The van der Waals surface area contributed by atoms with Crippen molar-refractivity contribution in [1.82, 2.24) is 4.57 Å². The molecule has 1 aromatic heterocycles. The van der Waals surface area contributed by atoms with E-state index in [-0.39, 0.29) is 5.82 Å². The first-order chi connectivity index (χ1) is 8.56. The second-order valence-corrected chi connectivity index (χ2v) is 4.26. The lowest BCUT2D eigenvalue weighted by molar-refractivity contribution is 0.599. The van der Waals surface area contributed by atoms with Crippen molar-refractivity contribution in [3.8, 4) is 6.07 Å². The van der Waals surface area contributed by atoms with Gasteiger partial charge >= 0.3 is 0 Å². The van der Waals surface area contributed by atoms with Crippen LogP contribution in [0.25, 0.3) is 0 Å². The first kappa shape index (κ1) is 12.2. The van der Waals surface area contributed by atoms with Crippen molar-refractivity contribution in [2.45, 2.75) is 20.4 Å². The van der Waals surface area contributed by atoms with Crippen LogP contribution in [0.3, 0.4) is 0 Å². The number of benzene rings is 1. The zero-order chi connectivity index (χ0) is 13.3. The summed E-state index contributed by atoms with van der Waals surface area (Å²) in [5.41, 5.74) is 8.72. The number of nitrogens with two attached hydrogens (primary N) is 1. The van der Waals surface area contributed by atoms with Crippen LogP contribution in [0.4, 0.5) is 10.2 Å². The third kappa shape index (κ3) is 1.84. The highest BCUT2D eigenvalue weighted by molar-refractivity contribution is 5.58. The van der Waals surface area contributed by atoms with Crippen molar-refractivity contribution in [3.63, 3.8) is 0 Å². The molecule has 1 heterocycles. The van der Waals surface area contributed by atoms with Crippen LogP contribution in [0.15, 0.2) is 24.3 Å². The highest BCUT2D eigenvalue weighted by Crippen LogP contribution is 2.24. The number of aromatic nitrogens is 1. The van der Waals surface area contributed by atoms with Crippen molar-refractivity contribution in [2.75, 3.05) is 5.73 Å². The van der Waals surface area contributed by atoms with Crippen LogP contribution in [0.2, 0.25) is 0 Å². The molecule has 2 rings (SSSR count). The molecule has 0 fully saturated rings. The molecular formula is C14H14FN3. The number of hydrogen-bond acceptors (Lipinski definition) is 2. The summed E-state index contributed by atoms with van der Waals surface area (Å²) >= 11 is 0. The third-order valence-corrected chi connectivity index (χ3v) is 3.27. The van der Waals surface area contributed by atoms with Crippen LogP contribution < -0.4 is 5.73 Å². The van der Waals surface area contributed by atoms with Crippen LogP contribution in [-0.2, 0) is 6.54 Å². The number of hydrogen-bond donors (Lipinski definition) is 1. The van der Waals surface area contributed by atoms with Gasteiger partial charge in [0.2, 0.25) is 0 Å². The van der Waals surface area contributed by atoms with E-state index in [1.807, 2.05) is 13.8 Å². The van der Waals surface area contributed by atoms with E-state index >= 15 is 0 Å². The van der Waals surface area contributed by atoms with E-state index < -0.39 is 0 Å². The summed E-state index contributed by atoms with van der Waals surface area (Å²) < 4.78 is 15.4. The van der Waals surface area contributed by atoms with E-state index in [0.717, 1.165) is 11.3 Å². The van der Waals surface area contributed by atoms with Gasteiger partial charge in [-0.05, 0) is 25.5 Å². The summed E-state index contributed by atoms with van der Waals surface area (Å²) in [6.45, 7) is 4.07. The summed E-state index contributed by atoms with van der Waals surface area (Å²) in [4.78, 5) is 0. The number of rotatable bonds is 2. The molecule has 18 heavy (non-hydrogen) atoms. The van der Waals surface area contributed by atoms with Gasteiger partial charge in [-0.15, -0.1) is 0 Å². The second kappa shape index (κ2) is 4.53. The fourth-order valence-electron chi connectivity index (χ4n) is 2.03. The Morgan fingerprint density at radius 3 is 2.56 bits per heavy atom. The SMILES string of the molecule is Cc1c(C#N)c(N)n(Cc2ccccc2F)c1C. The molecule has 92 valence electrons. The lowest BCUT2D eigenvalue weighted by atomic mass is 10.2. The van der Waals surface area contributed by atoms with Crippen molar-refractivity contribution >= 4 is 5.82 Å². The molecule has 0 aliphatic rings. The minimum atomic E-state index is -0.263. The summed E-state index contributed by atoms with van der Waals surface area (Å²) in [5.74, 6) is 0.136. The number of halogens is 1. The van der Waals surface area contributed by atoms with Gasteiger partial charge in [0, 0.05) is 11.3 Å². The maximum absolute atomic E-state index is 13.6. The highest BCUT2D eigenvalue weighted by Gasteiger charge is 2.15. The lowest BCUT2D eigenvalue weighted by Gasteiger charge is -2.09. The smallest absolute Gasteiger partial charge is 0.128 e. The van der Waals surface area contributed by atoms with Gasteiger partial charge in [-0.1, -0.05) is 18.2 Å². The van der Waals surface area contributed by atoms with Gasteiger partial charge in [-0.25, -0.2) is 4.39 Å². The fraction of sp³-hybridized carbons (Fsp3) is 0.214. The number of nitrogens with zero attached hydrogens (tertiary/aromatic N) is 2. The maximum Gasteiger partial charge on any atom is 0.128 e. The van der Waals surface area contributed by atoms with Crippen LogP contribution in [0.1, 0.15) is 22.4 Å². The van der Waals surface area contributed by atoms with Crippen molar-refractivity contribution in [3.05, 3.63) is 52.5 Å². The van der Waals surface area contributed by atoms with Crippen LogP contribution in [0, 0.1) is 31.0 Å². The molecule has 4 heteroatoms. The van der Waals surface area contributed by atoms with E-state index in [2.05, 4.69) is 6.07 Å². The molecule has 0 spiro atoms. The monoisotopic (exact) mass is 243 g/mol. The molecule has 0 saturated heterocycles. The van der Waals surface area contributed by atoms with Crippen molar-refractivity contribution in [2.24, 2.45) is 0 Å². The van der Waals surface area contributed by atoms with E-state index in [9.17, 15) is 4.39 Å². The third-order valence-electron chi connectivity index (χ3n) is 3.27. The predicted molar refractivity (Wildman–Crippen MR) is 68.5 cm³/mol. The Kier molecular flexibility index (Phi) is 3.07. The minimum Gasteiger partial charge on any atom is -0.384 e. The average molecular weight is 243 g/mol. The van der Waals surface area contributed by atoms with Gasteiger partial charge in [-0.3, -0.25) is 0 Å².